The minimum atomic E-state index is -0.318. The van der Waals surface area contributed by atoms with E-state index in [2.05, 4.69) is 11.9 Å². The number of carbonyl (C=O) groups excluding carboxylic acids is 1. The number of aliphatic hydroxyl groups is 1. The molecule has 0 spiro atoms. The summed E-state index contributed by atoms with van der Waals surface area (Å²) in [5.74, 6) is -0.0781. The number of aliphatic hydroxyl groups excluding tert-OH is 1. The maximum atomic E-state index is 11.7. The molecule has 2 rings (SSSR count). The zero-order chi connectivity index (χ0) is 11.5. The van der Waals surface area contributed by atoms with Crippen molar-refractivity contribution in [1.29, 1.82) is 0 Å². The van der Waals surface area contributed by atoms with Gasteiger partial charge in [0.15, 0.2) is 0 Å². The smallest absolute Gasteiger partial charge is 0.228 e. The molecule has 1 aromatic carbocycles. The Bertz CT molecular complexity index is 400. The van der Waals surface area contributed by atoms with Crippen molar-refractivity contribution in [3.63, 3.8) is 0 Å². The van der Waals surface area contributed by atoms with E-state index in [4.69, 9.17) is 0 Å². The lowest BCUT2D eigenvalue weighted by Crippen LogP contribution is -2.31. The van der Waals surface area contributed by atoms with E-state index in [1.54, 1.807) is 0 Å². The molecule has 1 aromatic rings. The zero-order valence-corrected chi connectivity index (χ0v) is 9.02. The average Bonchev–Trinajstić information content (AvgIpc) is 3.04. The van der Waals surface area contributed by atoms with Gasteiger partial charge in [0.1, 0.15) is 0 Å². The number of rotatable bonds is 4. The lowest BCUT2D eigenvalue weighted by atomic mass is 10.1. The van der Waals surface area contributed by atoms with Crippen molar-refractivity contribution in [3.8, 4) is 0 Å². The number of nitrogens with one attached hydrogen (secondary N) is 1. The van der Waals surface area contributed by atoms with Gasteiger partial charge in [-0.05, 0) is 12.0 Å². The van der Waals surface area contributed by atoms with Crippen molar-refractivity contribution in [1.82, 2.24) is 5.32 Å². The van der Waals surface area contributed by atoms with Crippen LogP contribution in [0, 0.1) is 5.92 Å². The summed E-state index contributed by atoms with van der Waals surface area (Å²) in [6.07, 6.45) is 0.777. The summed E-state index contributed by atoms with van der Waals surface area (Å²) in [5, 5.41) is 12.1. The minimum absolute atomic E-state index is 0.0343. The van der Waals surface area contributed by atoms with E-state index in [0.29, 0.717) is 0 Å². The summed E-state index contributed by atoms with van der Waals surface area (Å²) in [6.45, 7) is 3.66. The summed E-state index contributed by atoms with van der Waals surface area (Å²) >= 11 is 0. The topological polar surface area (TPSA) is 49.3 Å². The van der Waals surface area contributed by atoms with Crippen molar-refractivity contribution < 1.29 is 9.90 Å². The highest BCUT2D eigenvalue weighted by atomic mass is 16.3. The second kappa shape index (κ2) is 4.49. The molecule has 0 bridgehead atoms. The predicted octanol–water partition coefficient (Wildman–Crippen LogP) is 1.41. The van der Waals surface area contributed by atoms with E-state index in [1.807, 2.05) is 30.3 Å². The molecule has 2 N–H and O–H groups in total. The lowest BCUT2D eigenvalue weighted by Gasteiger charge is -2.16. The van der Waals surface area contributed by atoms with Crippen LogP contribution in [-0.2, 0) is 4.79 Å². The van der Waals surface area contributed by atoms with Crippen LogP contribution in [-0.4, -0.2) is 17.6 Å². The second-order valence-corrected chi connectivity index (χ2v) is 4.07. The van der Waals surface area contributed by atoms with E-state index in [-0.39, 0.29) is 24.5 Å². The van der Waals surface area contributed by atoms with Gasteiger partial charge in [-0.25, -0.2) is 0 Å². The molecule has 1 amide bonds. The largest absolute Gasteiger partial charge is 0.394 e. The van der Waals surface area contributed by atoms with E-state index < -0.39 is 0 Å². The fourth-order valence-corrected chi connectivity index (χ4v) is 1.67. The molecule has 0 aliphatic heterocycles. The molecule has 0 saturated heterocycles. The molecule has 3 heteroatoms. The van der Waals surface area contributed by atoms with Gasteiger partial charge < -0.3 is 10.4 Å². The first kappa shape index (κ1) is 10.9. The molecule has 16 heavy (non-hydrogen) atoms. The third-order valence-electron chi connectivity index (χ3n) is 2.82. The quantitative estimate of drug-likeness (QED) is 0.749. The Balaban J connectivity index is 2.01. The molecule has 0 radical (unpaired) electrons. The van der Waals surface area contributed by atoms with Crippen molar-refractivity contribution in [3.05, 3.63) is 48.0 Å². The summed E-state index contributed by atoms with van der Waals surface area (Å²) in [5.41, 5.74) is 1.90. The molecular weight excluding hydrogens is 202 g/mol. The highest BCUT2D eigenvalue weighted by molar-refractivity contribution is 5.86. The highest BCUT2D eigenvalue weighted by Gasteiger charge is 2.35. The molecule has 0 aromatic heterocycles. The van der Waals surface area contributed by atoms with Crippen LogP contribution < -0.4 is 5.32 Å². The molecule has 1 aliphatic carbocycles. The van der Waals surface area contributed by atoms with E-state index in [9.17, 15) is 9.90 Å². The van der Waals surface area contributed by atoms with Crippen LogP contribution in [0.1, 0.15) is 18.0 Å². The van der Waals surface area contributed by atoms with Gasteiger partial charge in [-0.1, -0.05) is 42.5 Å². The maximum Gasteiger partial charge on any atom is 0.228 e. The van der Waals surface area contributed by atoms with Crippen LogP contribution in [0.2, 0.25) is 0 Å². The Labute approximate surface area is 94.8 Å². The first-order chi connectivity index (χ1) is 7.72. The lowest BCUT2D eigenvalue weighted by molar-refractivity contribution is -0.123. The first-order valence-corrected chi connectivity index (χ1v) is 5.36. The van der Waals surface area contributed by atoms with E-state index in [0.717, 1.165) is 17.6 Å². The SMILES string of the molecule is C=C1C[C@@H]1C(=O)N[C@@H](CO)c1ccccc1. The van der Waals surface area contributed by atoms with Crippen molar-refractivity contribution in [2.75, 3.05) is 6.61 Å². The summed E-state index contributed by atoms with van der Waals surface area (Å²) in [7, 11) is 0. The number of carbonyl (C=O) groups is 1. The minimum Gasteiger partial charge on any atom is -0.394 e. The Morgan fingerprint density at radius 1 is 1.50 bits per heavy atom. The van der Waals surface area contributed by atoms with Gasteiger partial charge in [-0.15, -0.1) is 0 Å². The van der Waals surface area contributed by atoms with Crippen molar-refractivity contribution in [2.45, 2.75) is 12.5 Å². The molecular formula is C13H15NO2. The molecule has 0 heterocycles. The standard InChI is InChI=1S/C13H15NO2/c1-9-7-11(9)13(16)14-12(8-15)10-5-3-2-4-6-10/h2-6,11-12,15H,1,7-8H2,(H,14,16)/t11-,12-/m0/s1. The summed E-state index contributed by atoms with van der Waals surface area (Å²) < 4.78 is 0. The van der Waals surface area contributed by atoms with Gasteiger partial charge in [-0.3, -0.25) is 4.79 Å². The molecule has 0 unspecified atom stereocenters. The van der Waals surface area contributed by atoms with Gasteiger partial charge in [0.25, 0.3) is 0 Å². The fraction of sp³-hybridized carbons (Fsp3) is 0.308. The second-order valence-electron chi connectivity index (χ2n) is 4.07. The molecule has 1 aliphatic rings. The Morgan fingerprint density at radius 3 is 2.62 bits per heavy atom. The van der Waals surface area contributed by atoms with Crippen LogP contribution in [0.4, 0.5) is 0 Å². The fourth-order valence-electron chi connectivity index (χ4n) is 1.67. The van der Waals surface area contributed by atoms with E-state index >= 15 is 0 Å². The van der Waals surface area contributed by atoms with Crippen molar-refractivity contribution >= 4 is 5.91 Å². The zero-order valence-electron chi connectivity index (χ0n) is 9.02. The molecule has 3 nitrogen and oxygen atoms in total. The third-order valence-corrected chi connectivity index (χ3v) is 2.82. The molecule has 1 fully saturated rings. The van der Waals surface area contributed by atoms with E-state index in [1.165, 1.54) is 0 Å². The third kappa shape index (κ3) is 2.31. The summed E-state index contributed by atoms with van der Waals surface area (Å²) in [6, 6.07) is 9.15. The van der Waals surface area contributed by atoms with Crippen LogP contribution >= 0.6 is 0 Å². The van der Waals surface area contributed by atoms with Crippen LogP contribution in [0.15, 0.2) is 42.5 Å². The number of amides is 1. The molecule has 1 saturated carbocycles. The monoisotopic (exact) mass is 217 g/mol. The van der Waals surface area contributed by atoms with Gasteiger partial charge in [0.2, 0.25) is 5.91 Å². The van der Waals surface area contributed by atoms with Crippen molar-refractivity contribution in [2.24, 2.45) is 5.92 Å². The van der Waals surface area contributed by atoms with Gasteiger partial charge in [0.05, 0.1) is 18.6 Å². The maximum absolute atomic E-state index is 11.7. The number of hydrogen-bond donors (Lipinski definition) is 2. The molecule has 2 atom stereocenters. The first-order valence-electron chi connectivity index (χ1n) is 5.36. The normalized spacial score (nSPS) is 20.3. The Hall–Kier alpha value is -1.61. The average molecular weight is 217 g/mol. The van der Waals surface area contributed by atoms with Crippen LogP contribution in [0.25, 0.3) is 0 Å². The van der Waals surface area contributed by atoms with Gasteiger partial charge in [-0.2, -0.15) is 0 Å². The Kier molecular flexibility index (Phi) is 3.06. The van der Waals surface area contributed by atoms with Crippen LogP contribution in [0.3, 0.4) is 0 Å². The number of benzene rings is 1. The summed E-state index contributed by atoms with van der Waals surface area (Å²) in [4.78, 5) is 11.7. The van der Waals surface area contributed by atoms with Crippen LogP contribution in [0.5, 0.6) is 0 Å². The van der Waals surface area contributed by atoms with Gasteiger partial charge in [0, 0.05) is 0 Å². The molecule has 84 valence electrons. The number of hydrogen-bond acceptors (Lipinski definition) is 2. The highest BCUT2D eigenvalue weighted by Crippen LogP contribution is 2.36. The van der Waals surface area contributed by atoms with Gasteiger partial charge >= 0.3 is 0 Å². The predicted molar refractivity (Wildman–Crippen MR) is 61.7 cm³/mol. The Morgan fingerprint density at radius 2 is 2.12 bits per heavy atom.